The monoisotopic (exact) mass is 332 g/mol. The molecule has 3 N–H and O–H groups in total. The second-order valence-corrected chi connectivity index (χ2v) is 4.66. The molecule has 0 saturated carbocycles. The molecule has 2 rings (SSSR count). The fourth-order valence-electron chi connectivity index (χ4n) is 1.83. The molecule has 0 fully saturated rings. The van der Waals surface area contributed by atoms with Crippen molar-refractivity contribution in [1.29, 1.82) is 0 Å². The summed E-state index contributed by atoms with van der Waals surface area (Å²) in [5.41, 5.74) is 0.135. The number of nitro benzene ring substituents is 1. The number of carbonyl (C=O) groups is 2. The lowest BCUT2D eigenvalue weighted by molar-refractivity contribution is -0.385. The van der Waals surface area contributed by atoms with Crippen LogP contribution in [0.4, 0.5) is 26.2 Å². The van der Waals surface area contributed by atoms with Gasteiger partial charge < -0.3 is 16.0 Å². The topological polar surface area (TPSA) is 113 Å². The summed E-state index contributed by atoms with van der Waals surface area (Å²) < 4.78 is 13.8. The lowest BCUT2D eigenvalue weighted by atomic mass is 10.1. The molecule has 9 heteroatoms. The normalized spacial score (nSPS) is 9.92. The molecule has 0 atom stereocenters. The SMILES string of the molecule is CNC(=O)Nc1ccc(NC(=O)c2ccc([N+](=O)[O-])cc2F)cc1. The largest absolute Gasteiger partial charge is 0.341 e. The van der Waals surface area contributed by atoms with Gasteiger partial charge in [0.1, 0.15) is 5.82 Å². The second kappa shape index (κ2) is 7.18. The van der Waals surface area contributed by atoms with E-state index < -0.39 is 22.3 Å². The predicted octanol–water partition coefficient (Wildman–Crippen LogP) is 2.74. The van der Waals surface area contributed by atoms with Crippen LogP contribution in [0.2, 0.25) is 0 Å². The van der Waals surface area contributed by atoms with Gasteiger partial charge >= 0.3 is 6.03 Å². The third kappa shape index (κ3) is 4.03. The van der Waals surface area contributed by atoms with E-state index in [0.717, 1.165) is 12.1 Å². The molecule has 0 aliphatic rings. The molecule has 3 amide bonds. The summed E-state index contributed by atoms with van der Waals surface area (Å²) in [5.74, 6) is -1.73. The highest BCUT2D eigenvalue weighted by atomic mass is 19.1. The smallest absolute Gasteiger partial charge is 0.318 e. The van der Waals surface area contributed by atoms with E-state index in [0.29, 0.717) is 17.4 Å². The Hall–Kier alpha value is -3.49. The number of nitrogens with zero attached hydrogens (tertiary/aromatic N) is 1. The number of carbonyl (C=O) groups excluding carboxylic acids is 2. The fourth-order valence-corrected chi connectivity index (χ4v) is 1.83. The molecule has 0 bridgehead atoms. The van der Waals surface area contributed by atoms with Crippen molar-refractivity contribution in [3.8, 4) is 0 Å². The standard InChI is InChI=1S/C15H13FN4O4/c1-17-15(22)19-10-4-2-9(3-5-10)18-14(21)12-7-6-11(20(23)24)8-13(12)16/h2-8H,1H3,(H,18,21)(H2,17,19,22). The molecular weight excluding hydrogens is 319 g/mol. The van der Waals surface area contributed by atoms with Gasteiger partial charge in [0.05, 0.1) is 16.6 Å². The van der Waals surface area contributed by atoms with Crippen LogP contribution in [0.1, 0.15) is 10.4 Å². The number of hydrogen-bond acceptors (Lipinski definition) is 4. The Morgan fingerprint density at radius 1 is 1.04 bits per heavy atom. The highest BCUT2D eigenvalue weighted by Crippen LogP contribution is 2.19. The number of rotatable bonds is 4. The Bertz CT molecular complexity index is 793. The summed E-state index contributed by atoms with van der Waals surface area (Å²) >= 11 is 0. The van der Waals surface area contributed by atoms with E-state index in [9.17, 15) is 24.1 Å². The average Bonchev–Trinajstić information content (AvgIpc) is 2.56. The van der Waals surface area contributed by atoms with Crippen molar-refractivity contribution >= 4 is 29.0 Å². The molecule has 0 aliphatic heterocycles. The number of amides is 3. The van der Waals surface area contributed by atoms with Crippen LogP contribution in [-0.4, -0.2) is 23.9 Å². The first-order chi connectivity index (χ1) is 11.4. The maximum Gasteiger partial charge on any atom is 0.318 e. The van der Waals surface area contributed by atoms with E-state index in [-0.39, 0.29) is 11.6 Å². The first-order valence-electron chi connectivity index (χ1n) is 6.75. The number of hydrogen-bond donors (Lipinski definition) is 3. The van der Waals surface area contributed by atoms with E-state index in [1.807, 2.05) is 0 Å². The van der Waals surface area contributed by atoms with Crippen molar-refractivity contribution in [3.63, 3.8) is 0 Å². The van der Waals surface area contributed by atoms with Gasteiger partial charge in [0.15, 0.2) is 0 Å². The Morgan fingerprint density at radius 2 is 1.62 bits per heavy atom. The fraction of sp³-hybridized carbons (Fsp3) is 0.0667. The highest BCUT2D eigenvalue weighted by molar-refractivity contribution is 6.04. The molecule has 0 saturated heterocycles. The van der Waals surface area contributed by atoms with Crippen molar-refractivity contribution in [3.05, 3.63) is 64.0 Å². The zero-order valence-corrected chi connectivity index (χ0v) is 12.5. The van der Waals surface area contributed by atoms with Crippen molar-refractivity contribution < 1.29 is 18.9 Å². The number of nitro groups is 1. The molecule has 0 unspecified atom stereocenters. The van der Waals surface area contributed by atoms with Crippen LogP contribution < -0.4 is 16.0 Å². The van der Waals surface area contributed by atoms with Gasteiger partial charge in [-0.3, -0.25) is 14.9 Å². The highest BCUT2D eigenvalue weighted by Gasteiger charge is 2.16. The first kappa shape index (κ1) is 16.9. The summed E-state index contributed by atoms with van der Waals surface area (Å²) in [6.07, 6.45) is 0. The van der Waals surface area contributed by atoms with Gasteiger partial charge in [-0.1, -0.05) is 0 Å². The van der Waals surface area contributed by atoms with Gasteiger partial charge in [0.2, 0.25) is 0 Å². The van der Waals surface area contributed by atoms with Crippen LogP contribution in [0.25, 0.3) is 0 Å². The van der Waals surface area contributed by atoms with Crippen LogP contribution in [-0.2, 0) is 0 Å². The van der Waals surface area contributed by atoms with E-state index in [1.54, 1.807) is 12.1 Å². The van der Waals surface area contributed by atoms with Crippen LogP contribution >= 0.6 is 0 Å². The molecule has 24 heavy (non-hydrogen) atoms. The van der Waals surface area contributed by atoms with Gasteiger partial charge in [-0.2, -0.15) is 0 Å². The number of urea groups is 1. The van der Waals surface area contributed by atoms with E-state index in [1.165, 1.54) is 19.2 Å². The molecule has 2 aromatic carbocycles. The number of benzene rings is 2. The molecule has 8 nitrogen and oxygen atoms in total. The predicted molar refractivity (Wildman–Crippen MR) is 85.5 cm³/mol. The first-order valence-corrected chi connectivity index (χ1v) is 6.75. The molecule has 124 valence electrons. The zero-order valence-electron chi connectivity index (χ0n) is 12.5. The minimum Gasteiger partial charge on any atom is -0.341 e. The lowest BCUT2D eigenvalue weighted by Gasteiger charge is -2.08. The third-order valence-electron chi connectivity index (χ3n) is 3.04. The minimum absolute atomic E-state index is 0.312. The summed E-state index contributed by atoms with van der Waals surface area (Å²) in [4.78, 5) is 33.0. The number of non-ortho nitro benzene ring substituents is 1. The Balaban J connectivity index is 2.09. The van der Waals surface area contributed by atoms with Gasteiger partial charge in [0, 0.05) is 24.5 Å². The number of nitrogens with one attached hydrogen (secondary N) is 3. The second-order valence-electron chi connectivity index (χ2n) is 4.66. The summed E-state index contributed by atoms with van der Waals surface area (Å²) in [6, 6.07) is 8.54. The van der Waals surface area contributed by atoms with Crippen LogP contribution in [0.5, 0.6) is 0 Å². The van der Waals surface area contributed by atoms with E-state index >= 15 is 0 Å². The summed E-state index contributed by atoms with van der Waals surface area (Å²) in [7, 11) is 1.47. The van der Waals surface area contributed by atoms with Crippen molar-refractivity contribution in [2.45, 2.75) is 0 Å². The Labute approximate surface area is 135 Å². The van der Waals surface area contributed by atoms with E-state index in [4.69, 9.17) is 0 Å². The van der Waals surface area contributed by atoms with Crippen molar-refractivity contribution in [2.75, 3.05) is 17.7 Å². The van der Waals surface area contributed by atoms with Gasteiger partial charge in [0.25, 0.3) is 11.6 Å². The van der Waals surface area contributed by atoms with Crippen LogP contribution in [0.3, 0.4) is 0 Å². The maximum absolute atomic E-state index is 13.8. The zero-order chi connectivity index (χ0) is 17.7. The molecule has 0 spiro atoms. The molecular formula is C15H13FN4O4. The maximum atomic E-state index is 13.8. The number of halogens is 1. The summed E-state index contributed by atoms with van der Waals surface area (Å²) in [6.45, 7) is 0. The van der Waals surface area contributed by atoms with Gasteiger partial charge in [-0.25, -0.2) is 9.18 Å². The molecule has 0 aromatic heterocycles. The van der Waals surface area contributed by atoms with Crippen LogP contribution in [0.15, 0.2) is 42.5 Å². The van der Waals surface area contributed by atoms with Gasteiger partial charge in [-0.05, 0) is 30.3 Å². The Morgan fingerprint density at radius 3 is 2.12 bits per heavy atom. The summed E-state index contributed by atoms with van der Waals surface area (Å²) in [5, 5.41) is 18.0. The molecule has 0 radical (unpaired) electrons. The van der Waals surface area contributed by atoms with Gasteiger partial charge in [-0.15, -0.1) is 0 Å². The molecule has 0 aliphatic carbocycles. The minimum atomic E-state index is -0.986. The number of anilines is 2. The molecule has 0 heterocycles. The van der Waals surface area contributed by atoms with Crippen molar-refractivity contribution in [2.24, 2.45) is 0 Å². The Kier molecular flexibility index (Phi) is 5.05. The lowest BCUT2D eigenvalue weighted by Crippen LogP contribution is -2.24. The van der Waals surface area contributed by atoms with Crippen molar-refractivity contribution in [1.82, 2.24) is 5.32 Å². The average molecular weight is 332 g/mol. The van der Waals surface area contributed by atoms with Crippen LogP contribution in [0, 0.1) is 15.9 Å². The molecule has 2 aromatic rings. The quantitative estimate of drug-likeness (QED) is 0.590. The third-order valence-corrected chi connectivity index (χ3v) is 3.04. The van der Waals surface area contributed by atoms with E-state index in [2.05, 4.69) is 16.0 Å².